The van der Waals surface area contributed by atoms with E-state index in [0.717, 1.165) is 21.0 Å². The van der Waals surface area contributed by atoms with Crippen molar-refractivity contribution in [3.63, 3.8) is 0 Å². The van der Waals surface area contributed by atoms with Gasteiger partial charge in [-0.05, 0) is 85.8 Å². The SMILES string of the molecule is CC[C@H](C)NC(=O)[C@@H](Cc1ccccc1)N(Cc1ccc(F)cc1)C(=O)CN(c1ccc(C)c(C)c1)S(=O)(=O)c1ccccc1. The second-order valence-corrected chi connectivity index (χ2v) is 13.1. The Kier molecular flexibility index (Phi) is 11.1. The number of benzene rings is 4. The fourth-order valence-electron chi connectivity index (χ4n) is 4.91. The molecule has 9 heteroatoms. The van der Waals surface area contributed by atoms with Crippen molar-refractivity contribution in [2.24, 2.45) is 0 Å². The summed E-state index contributed by atoms with van der Waals surface area (Å²) in [5.41, 5.74) is 3.61. The Morgan fingerprint density at radius 1 is 0.822 bits per heavy atom. The molecule has 0 heterocycles. The van der Waals surface area contributed by atoms with Crippen molar-refractivity contribution in [2.45, 2.75) is 64.1 Å². The Bertz CT molecular complexity index is 1700. The number of amides is 2. The van der Waals surface area contributed by atoms with Crippen LogP contribution in [0.25, 0.3) is 0 Å². The largest absolute Gasteiger partial charge is 0.352 e. The van der Waals surface area contributed by atoms with Gasteiger partial charge in [0.15, 0.2) is 0 Å². The monoisotopic (exact) mass is 629 g/mol. The molecule has 0 spiro atoms. The molecule has 0 aliphatic rings. The van der Waals surface area contributed by atoms with Crippen LogP contribution in [0, 0.1) is 19.7 Å². The van der Waals surface area contributed by atoms with Crippen LogP contribution < -0.4 is 9.62 Å². The summed E-state index contributed by atoms with van der Waals surface area (Å²) in [6.45, 7) is 7.06. The third-order valence-corrected chi connectivity index (χ3v) is 9.71. The highest BCUT2D eigenvalue weighted by atomic mass is 32.2. The number of rotatable bonds is 13. The van der Waals surface area contributed by atoms with Crippen molar-refractivity contribution in [1.82, 2.24) is 10.2 Å². The van der Waals surface area contributed by atoms with Gasteiger partial charge >= 0.3 is 0 Å². The predicted molar refractivity (Wildman–Crippen MR) is 176 cm³/mol. The van der Waals surface area contributed by atoms with Crippen molar-refractivity contribution in [1.29, 1.82) is 0 Å². The van der Waals surface area contributed by atoms with Gasteiger partial charge in [-0.2, -0.15) is 0 Å². The van der Waals surface area contributed by atoms with Gasteiger partial charge in [0.2, 0.25) is 11.8 Å². The molecule has 0 aliphatic heterocycles. The van der Waals surface area contributed by atoms with Crippen molar-refractivity contribution in [2.75, 3.05) is 10.8 Å². The highest BCUT2D eigenvalue weighted by Crippen LogP contribution is 2.27. The Hall–Kier alpha value is -4.50. The van der Waals surface area contributed by atoms with E-state index in [-0.39, 0.29) is 29.8 Å². The number of carbonyl (C=O) groups excluding carboxylic acids is 2. The van der Waals surface area contributed by atoms with E-state index in [9.17, 15) is 22.4 Å². The van der Waals surface area contributed by atoms with Gasteiger partial charge in [0.1, 0.15) is 18.4 Å². The predicted octanol–water partition coefficient (Wildman–Crippen LogP) is 6.19. The number of carbonyl (C=O) groups is 2. The van der Waals surface area contributed by atoms with E-state index in [1.165, 1.54) is 29.2 Å². The number of nitrogens with one attached hydrogen (secondary N) is 1. The molecule has 0 bridgehead atoms. The maximum Gasteiger partial charge on any atom is 0.264 e. The topological polar surface area (TPSA) is 86.8 Å². The van der Waals surface area contributed by atoms with Crippen LogP contribution in [0.3, 0.4) is 0 Å². The average molecular weight is 630 g/mol. The van der Waals surface area contributed by atoms with Gasteiger partial charge in [-0.1, -0.05) is 73.7 Å². The number of nitrogens with zero attached hydrogens (tertiary/aromatic N) is 2. The van der Waals surface area contributed by atoms with E-state index in [2.05, 4.69) is 5.32 Å². The van der Waals surface area contributed by atoms with Crippen LogP contribution in [0.1, 0.15) is 42.5 Å². The van der Waals surface area contributed by atoms with Crippen molar-refractivity contribution >= 4 is 27.5 Å². The Morgan fingerprint density at radius 3 is 2.04 bits per heavy atom. The number of halogens is 1. The van der Waals surface area contributed by atoms with Gasteiger partial charge in [0.25, 0.3) is 10.0 Å². The average Bonchev–Trinajstić information content (AvgIpc) is 3.04. The molecule has 236 valence electrons. The Morgan fingerprint density at radius 2 is 1.44 bits per heavy atom. The van der Waals surface area contributed by atoms with Crippen LogP contribution in [0.2, 0.25) is 0 Å². The molecular weight excluding hydrogens is 589 g/mol. The van der Waals surface area contributed by atoms with Gasteiger partial charge in [-0.15, -0.1) is 0 Å². The molecular formula is C36H40FN3O4S. The highest BCUT2D eigenvalue weighted by Gasteiger charge is 2.35. The normalized spacial score (nSPS) is 12.6. The third kappa shape index (κ3) is 8.57. The minimum absolute atomic E-state index is 0.0311. The zero-order chi connectivity index (χ0) is 32.6. The van der Waals surface area contributed by atoms with E-state index in [4.69, 9.17) is 0 Å². The van der Waals surface area contributed by atoms with E-state index in [1.807, 2.05) is 64.1 Å². The van der Waals surface area contributed by atoms with Crippen LogP contribution in [0.15, 0.2) is 108 Å². The van der Waals surface area contributed by atoms with Gasteiger partial charge in [0, 0.05) is 19.0 Å². The molecule has 7 nitrogen and oxygen atoms in total. The van der Waals surface area contributed by atoms with Crippen LogP contribution in [0.5, 0.6) is 0 Å². The molecule has 45 heavy (non-hydrogen) atoms. The fourth-order valence-corrected chi connectivity index (χ4v) is 6.34. The van der Waals surface area contributed by atoms with E-state index >= 15 is 0 Å². The molecule has 0 radical (unpaired) electrons. The highest BCUT2D eigenvalue weighted by molar-refractivity contribution is 7.92. The van der Waals surface area contributed by atoms with Gasteiger partial charge in [0.05, 0.1) is 10.6 Å². The number of anilines is 1. The van der Waals surface area contributed by atoms with Crippen LogP contribution in [-0.4, -0.2) is 43.8 Å². The molecule has 0 saturated carbocycles. The minimum Gasteiger partial charge on any atom is -0.352 e. The van der Waals surface area contributed by atoms with Gasteiger partial charge < -0.3 is 10.2 Å². The first kappa shape index (κ1) is 33.4. The first-order valence-electron chi connectivity index (χ1n) is 15.0. The quantitative estimate of drug-likeness (QED) is 0.191. The summed E-state index contributed by atoms with van der Waals surface area (Å²) in [5, 5.41) is 3.01. The van der Waals surface area contributed by atoms with Crippen LogP contribution in [-0.2, 0) is 32.6 Å². The second-order valence-electron chi connectivity index (χ2n) is 11.3. The molecule has 4 aromatic rings. The zero-order valence-corrected chi connectivity index (χ0v) is 26.9. The molecule has 0 fully saturated rings. The third-order valence-electron chi connectivity index (χ3n) is 7.93. The second kappa shape index (κ2) is 15.0. The maximum atomic E-state index is 14.5. The van der Waals surface area contributed by atoms with Gasteiger partial charge in [-0.25, -0.2) is 12.8 Å². The number of aryl methyl sites for hydroxylation is 2. The lowest BCUT2D eigenvalue weighted by atomic mass is 10.0. The smallest absolute Gasteiger partial charge is 0.264 e. The van der Waals surface area contributed by atoms with Gasteiger partial charge in [-0.3, -0.25) is 13.9 Å². The molecule has 2 amide bonds. The number of hydrogen-bond acceptors (Lipinski definition) is 4. The summed E-state index contributed by atoms with van der Waals surface area (Å²) >= 11 is 0. The number of sulfonamides is 1. The zero-order valence-electron chi connectivity index (χ0n) is 26.1. The first-order chi connectivity index (χ1) is 21.5. The van der Waals surface area contributed by atoms with Crippen LogP contribution in [0.4, 0.5) is 10.1 Å². The van der Waals surface area contributed by atoms with Crippen molar-refractivity contribution < 1.29 is 22.4 Å². The maximum absolute atomic E-state index is 14.5. The molecule has 4 aromatic carbocycles. The Balaban J connectivity index is 1.81. The summed E-state index contributed by atoms with van der Waals surface area (Å²) in [6.07, 6.45) is 0.886. The van der Waals surface area contributed by atoms with Crippen molar-refractivity contribution in [3.8, 4) is 0 Å². The number of hydrogen-bond donors (Lipinski definition) is 1. The molecule has 1 N–H and O–H groups in total. The summed E-state index contributed by atoms with van der Waals surface area (Å²) in [5.74, 6) is -1.36. The summed E-state index contributed by atoms with van der Waals surface area (Å²) in [7, 11) is -4.18. The fraction of sp³-hybridized carbons (Fsp3) is 0.278. The lowest BCUT2D eigenvalue weighted by Crippen LogP contribution is -2.54. The summed E-state index contributed by atoms with van der Waals surface area (Å²) < 4.78 is 43.1. The van der Waals surface area contributed by atoms with E-state index in [1.54, 1.807) is 42.5 Å². The first-order valence-corrected chi connectivity index (χ1v) is 16.5. The van der Waals surface area contributed by atoms with E-state index in [0.29, 0.717) is 17.7 Å². The molecule has 2 atom stereocenters. The molecule has 0 aromatic heterocycles. The molecule has 0 unspecified atom stereocenters. The minimum atomic E-state index is -4.18. The molecule has 4 rings (SSSR count). The standard InChI is InChI=1S/C36H40FN3O4S/c1-5-28(4)38-36(42)34(23-29-12-8-6-9-13-29)39(24-30-17-19-31(37)20-18-30)35(41)25-40(32-21-16-26(2)27(3)22-32)45(43,44)33-14-10-7-11-15-33/h6-22,28,34H,5,23-25H2,1-4H3,(H,38,42)/t28-,34+/m0/s1. The van der Waals surface area contributed by atoms with Crippen molar-refractivity contribution in [3.05, 3.63) is 131 Å². The molecule has 0 aliphatic carbocycles. The summed E-state index contributed by atoms with van der Waals surface area (Å²) in [4.78, 5) is 29.8. The Labute approximate surface area is 265 Å². The lowest BCUT2D eigenvalue weighted by Gasteiger charge is -2.34. The van der Waals surface area contributed by atoms with Crippen LogP contribution >= 0.6 is 0 Å². The lowest BCUT2D eigenvalue weighted by molar-refractivity contribution is -0.140. The molecule has 0 saturated heterocycles. The van der Waals surface area contributed by atoms with E-state index < -0.39 is 34.3 Å². The summed E-state index contributed by atoms with van der Waals surface area (Å²) in [6, 6.07) is 27.1.